The topological polar surface area (TPSA) is 72.4 Å². The minimum atomic E-state index is 0.587. The van der Waals surface area contributed by atoms with E-state index in [-0.39, 0.29) is 0 Å². The summed E-state index contributed by atoms with van der Waals surface area (Å²) in [6.07, 6.45) is 1.63. The van der Waals surface area contributed by atoms with E-state index in [1.807, 2.05) is 36.4 Å². The van der Waals surface area contributed by atoms with Gasteiger partial charge in [0.25, 0.3) is 0 Å². The van der Waals surface area contributed by atoms with Crippen molar-refractivity contribution in [3.8, 4) is 11.5 Å². The highest BCUT2D eigenvalue weighted by molar-refractivity contribution is 5.45. The standard InChI is InChI=1S/C21H25N5O2/c1-4-26(15-16-8-6-5-7-9-16)21-24-20(14-23-25-21)22-13-17-10-11-18(27-2)19(12-17)28-3/h5-12,14H,4,13,15H2,1-3H3,(H,22,24,25). The van der Waals surface area contributed by atoms with Gasteiger partial charge in [-0.05, 0) is 30.2 Å². The number of hydrogen-bond donors (Lipinski definition) is 1. The van der Waals surface area contributed by atoms with Crippen molar-refractivity contribution in [2.75, 3.05) is 31.0 Å². The second-order valence-electron chi connectivity index (χ2n) is 6.18. The number of benzene rings is 2. The lowest BCUT2D eigenvalue weighted by molar-refractivity contribution is 0.354. The maximum Gasteiger partial charge on any atom is 0.247 e. The molecule has 7 nitrogen and oxygen atoms in total. The van der Waals surface area contributed by atoms with Crippen LogP contribution in [0.15, 0.2) is 54.7 Å². The van der Waals surface area contributed by atoms with Crippen LogP contribution in [0.4, 0.5) is 11.8 Å². The molecule has 0 amide bonds. The highest BCUT2D eigenvalue weighted by atomic mass is 16.5. The third-order valence-corrected chi connectivity index (χ3v) is 4.35. The van der Waals surface area contributed by atoms with Crippen LogP contribution in [-0.2, 0) is 13.1 Å². The second kappa shape index (κ2) is 9.55. The van der Waals surface area contributed by atoms with E-state index in [1.165, 1.54) is 5.56 Å². The summed E-state index contributed by atoms with van der Waals surface area (Å²) < 4.78 is 10.6. The van der Waals surface area contributed by atoms with Gasteiger partial charge >= 0.3 is 0 Å². The maximum absolute atomic E-state index is 5.35. The molecule has 0 aliphatic rings. The van der Waals surface area contributed by atoms with E-state index in [2.05, 4.69) is 44.5 Å². The van der Waals surface area contributed by atoms with Crippen molar-refractivity contribution in [3.63, 3.8) is 0 Å². The van der Waals surface area contributed by atoms with Crippen molar-refractivity contribution in [2.24, 2.45) is 0 Å². The Morgan fingerprint density at radius 3 is 2.46 bits per heavy atom. The third kappa shape index (κ3) is 4.88. The molecule has 0 spiro atoms. The molecule has 7 heteroatoms. The quantitative estimate of drug-likeness (QED) is 0.610. The Bertz CT molecular complexity index is 889. The van der Waals surface area contributed by atoms with Crippen molar-refractivity contribution < 1.29 is 9.47 Å². The molecule has 0 aliphatic heterocycles. The average Bonchev–Trinajstić information content (AvgIpc) is 2.76. The molecular formula is C21H25N5O2. The Kier molecular flexibility index (Phi) is 6.62. The van der Waals surface area contributed by atoms with Crippen LogP contribution in [0.5, 0.6) is 11.5 Å². The van der Waals surface area contributed by atoms with Gasteiger partial charge in [0.05, 0.1) is 20.4 Å². The van der Waals surface area contributed by atoms with Crippen LogP contribution in [0.3, 0.4) is 0 Å². The van der Waals surface area contributed by atoms with Crippen LogP contribution in [0.25, 0.3) is 0 Å². The first-order chi connectivity index (χ1) is 13.7. The van der Waals surface area contributed by atoms with Gasteiger partial charge in [0, 0.05) is 19.6 Å². The van der Waals surface area contributed by atoms with E-state index in [0.29, 0.717) is 29.8 Å². The fraction of sp³-hybridized carbons (Fsp3) is 0.286. The van der Waals surface area contributed by atoms with Gasteiger partial charge in [0.1, 0.15) is 0 Å². The monoisotopic (exact) mass is 379 g/mol. The van der Waals surface area contributed by atoms with E-state index in [4.69, 9.17) is 9.47 Å². The molecule has 0 aliphatic carbocycles. The van der Waals surface area contributed by atoms with Gasteiger partial charge in [-0.3, -0.25) is 0 Å². The number of nitrogens with one attached hydrogen (secondary N) is 1. The molecule has 3 rings (SSSR count). The van der Waals surface area contributed by atoms with Crippen molar-refractivity contribution >= 4 is 11.8 Å². The van der Waals surface area contributed by atoms with Gasteiger partial charge in [0.2, 0.25) is 5.95 Å². The molecule has 0 radical (unpaired) electrons. The normalized spacial score (nSPS) is 10.4. The fourth-order valence-corrected chi connectivity index (χ4v) is 2.82. The molecule has 0 saturated carbocycles. The van der Waals surface area contributed by atoms with Crippen molar-refractivity contribution in [3.05, 3.63) is 65.9 Å². The van der Waals surface area contributed by atoms with Crippen LogP contribution >= 0.6 is 0 Å². The molecule has 1 N–H and O–H groups in total. The van der Waals surface area contributed by atoms with E-state index < -0.39 is 0 Å². The molecule has 0 atom stereocenters. The zero-order valence-corrected chi connectivity index (χ0v) is 16.4. The SMILES string of the molecule is CCN(Cc1ccccc1)c1nncc(NCc2ccc(OC)c(OC)c2)n1. The second-order valence-corrected chi connectivity index (χ2v) is 6.18. The zero-order chi connectivity index (χ0) is 19.8. The Hall–Kier alpha value is -3.35. The van der Waals surface area contributed by atoms with Gasteiger partial charge in [0.15, 0.2) is 17.3 Å². The van der Waals surface area contributed by atoms with Crippen molar-refractivity contribution in [1.82, 2.24) is 15.2 Å². The molecular weight excluding hydrogens is 354 g/mol. The van der Waals surface area contributed by atoms with Crippen LogP contribution < -0.4 is 19.7 Å². The summed E-state index contributed by atoms with van der Waals surface area (Å²) in [4.78, 5) is 6.70. The van der Waals surface area contributed by atoms with E-state index in [9.17, 15) is 0 Å². The Morgan fingerprint density at radius 2 is 1.75 bits per heavy atom. The smallest absolute Gasteiger partial charge is 0.247 e. The molecule has 0 fully saturated rings. The average molecular weight is 379 g/mol. The molecule has 0 saturated heterocycles. The lowest BCUT2D eigenvalue weighted by Gasteiger charge is -2.20. The van der Waals surface area contributed by atoms with Gasteiger partial charge in [-0.2, -0.15) is 10.1 Å². The number of aromatic nitrogens is 3. The van der Waals surface area contributed by atoms with E-state index in [1.54, 1.807) is 20.4 Å². The van der Waals surface area contributed by atoms with Gasteiger partial charge in [-0.15, -0.1) is 5.10 Å². The summed E-state index contributed by atoms with van der Waals surface area (Å²) in [5.74, 6) is 2.68. The summed E-state index contributed by atoms with van der Waals surface area (Å²) in [7, 11) is 3.25. The summed E-state index contributed by atoms with van der Waals surface area (Å²) >= 11 is 0. The minimum absolute atomic E-state index is 0.587. The summed E-state index contributed by atoms with van der Waals surface area (Å²) in [6.45, 7) is 4.19. The molecule has 2 aromatic carbocycles. The first-order valence-electron chi connectivity index (χ1n) is 9.16. The van der Waals surface area contributed by atoms with Gasteiger partial charge in [-0.25, -0.2) is 0 Å². The van der Waals surface area contributed by atoms with Gasteiger partial charge < -0.3 is 19.7 Å². The number of ether oxygens (including phenoxy) is 2. The first-order valence-corrected chi connectivity index (χ1v) is 9.16. The number of nitrogens with zero attached hydrogens (tertiary/aromatic N) is 4. The summed E-state index contributed by atoms with van der Waals surface area (Å²) in [6, 6.07) is 16.1. The number of methoxy groups -OCH3 is 2. The molecule has 3 aromatic rings. The van der Waals surface area contributed by atoms with Crippen LogP contribution in [-0.4, -0.2) is 35.9 Å². The summed E-state index contributed by atoms with van der Waals surface area (Å²) in [5.41, 5.74) is 2.26. The Balaban J connectivity index is 1.69. The maximum atomic E-state index is 5.35. The summed E-state index contributed by atoms with van der Waals surface area (Å²) in [5, 5.41) is 11.6. The molecule has 1 heterocycles. The Labute approximate surface area is 165 Å². The third-order valence-electron chi connectivity index (χ3n) is 4.35. The van der Waals surface area contributed by atoms with Gasteiger partial charge in [-0.1, -0.05) is 36.4 Å². The lowest BCUT2D eigenvalue weighted by atomic mass is 10.2. The number of anilines is 2. The predicted octanol–water partition coefficient (Wildman–Crippen LogP) is 3.53. The molecule has 28 heavy (non-hydrogen) atoms. The fourth-order valence-electron chi connectivity index (χ4n) is 2.82. The first kappa shape index (κ1) is 19.4. The highest BCUT2D eigenvalue weighted by Crippen LogP contribution is 2.27. The molecule has 1 aromatic heterocycles. The molecule has 146 valence electrons. The van der Waals surface area contributed by atoms with E-state index in [0.717, 1.165) is 18.7 Å². The van der Waals surface area contributed by atoms with E-state index >= 15 is 0 Å². The van der Waals surface area contributed by atoms with Crippen molar-refractivity contribution in [1.29, 1.82) is 0 Å². The number of rotatable bonds is 9. The Morgan fingerprint density at radius 1 is 0.964 bits per heavy atom. The minimum Gasteiger partial charge on any atom is -0.493 e. The van der Waals surface area contributed by atoms with Crippen LogP contribution in [0.2, 0.25) is 0 Å². The van der Waals surface area contributed by atoms with Crippen molar-refractivity contribution in [2.45, 2.75) is 20.0 Å². The number of hydrogen-bond acceptors (Lipinski definition) is 7. The lowest BCUT2D eigenvalue weighted by Crippen LogP contribution is -2.25. The van der Waals surface area contributed by atoms with Crippen LogP contribution in [0.1, 0.15) is 18.1 Å². The van der Waals surface area contributed by atoms with Crippen LogP contribution in [0, 0.1) is 0 Å². The predicted molar refractivity (Wildman–Crippen MR) is 110 cm³/mol. The zero-order valence-electron chi connectivity index (χ0n) is 16.4. The molecule has 0 bridgehead atoms. The molecule has 0 unspecified atom stereocenters. The highest BCUT2D eigenvalue weighted by Gasteiger charge is 2.10. The largest absolute Gasteiger partial charge is 0.493 e.